The Hall–Kier alpha value is -1.12. The highest BCUT2D eigenvalue weighted by molar-refractivity contribution is 9.10. The molecule has 0 aliphatic rings. The monoisotopic (exact) mass is 318 g/mol. The Morgan fingerprint density at radius 1 is 1.00 bits per heavy atom. The van der Waals surface area contributed by atoms with Gasteiger partial charge in [0.25, 0.3) is 0 Å². The van der Waals surface area contributed by atoms with Crippen LogP contribution in [0.15, 0.2) is 40.9 Å². The Bertz CT molecular complexity index is 570. The fraction of sp³-hybridized carbons (Fsp3) is 0.294. The number of rotatable bonds is 3. The minimum absolute atomic E-state index is 0.460. The second-order valence-electron chi connectivity index (χ2n) is 5.22. The topological polar surface area (TPSA) is 20.2 Å². The van der Waals surface area contributed by atoms with Crippen LogP contribution in [0.5, 0.6) is 0 Å². The fourth-order valence-electron chi connectivity index (χ4n) is 2.49. The van der Waals surface area contributed by atoms with Crippen LogP contribution in [0.1, 0.15) is 33.9 Å². The Kier molecular flexibility index (Phi) is 4.43. The van der Waals surface area contributed by atoms with Crippen molar-refractivity contribution in [3.8, 4) is 0 Å². The van der Waals surface area contributed by atoms with Gasteiger partial charge in [-0.15, -0.1) is 0 Å². The van der Waals surface area contributed by atoms with Gasteiger partial charge < -0.3 is 5.11 Å². The van der Waals surface area contributed by atoms with Gasteiger partial charge in [-0.05, 0) is 49.6 Å². The smallest absolute Gasteiger partial charge is 0.0833 e. The number of aliphatic hydroxyl groups excluding tert-OH is 1. The van der Waals surface area contributed by atoms with Gasteiger partial charge in [0.05, 0.1) is 6.10 Å². The number of halogens is 1. The molecule has 0 bridgehead atoms. The number of hydrogen-bond donors (Lipinski definition) is 1. The molecule has 100 valence electrons. The summed E-state index contributed by atoms with van der Waals surface area (Å²) in [6.45, 7) is 6.22. The normalized spacial score (nSPS) is 12.5. The molecular formula is C17H19BrO. The Labute approximate surface area is 123 Å². The van der Waals surface area contributed by atoms with E-state index in [-0.39, 0.29) is 0 Å². The summed E-state index contributed by atoms with van der Waals surface area (Å²) in [6, 6.07) is 12.5. The second-order valence-corrected chi connectivity index (χ2v) is 6.13. The molecule has 0 aromatic heterocycles. The largest absolute Gasteiger partial charge is 0.388 e. The number of aryl methyl sites for hydroxylation is 3. The average Bonchev–Trinajstić information content (AvgIpc) is 2.30. The van der Waals surface area contributed by atoms with Crippen LogP contribution in [0, 0.1) is 20.8 Å². The number of hydrogen-bond acceptors (Lipinski definition) is 1. The fourth-order valence-corrected chi connectivity index (χ4v) is 2.87. The molecule has 0 fully saturated rings. The molecule has 0 aliphatic heterocycles. The van der Waals surface area contributed by atoms with Crippen molar-refractivity contribution in [1.82, 2.24) is 0 Å². The lowest BCUT2D eigenvalue weighted by Gasteiger charge is -2.15. The molecule has 1 atom stereocenters. The maximum atomic E-state index is 10.4. The maximum Gasteiger partial charge on any atom is 0.0833 e. The molecule has 1 N–H and O–H groups in total. The minimum Gasteiger partial charge on any atom is -0.388 e. The van der Waals surface area contributed by atoms with Gasteiger partial charge in [-0.2, -0.15) is 0 Å². The van der Waals surface area contributed by atoms with E-state index < -0.39 is 6.10 Å². The summed E-state index contributed by atoms with van der Waals surface area (Å²) in [4.78, 5) is 0. The van der Waals surface area contributed by atoms with E-state index in [1.54, 1.807) is 0 Å². The molecule has 0 saturated heterocycles. The van der Waals surface area contributed by atoms with Crippen molar-refractivity contribution in [3.05, 3.63) is 68.7 Å². The van der Waals surface area contributed by atoms with Gasteiger partial charge in [-0.3, -0.25) is 0 Å². The summed E-state index contributed by atoms with van der Waals surface area (Å²) < 4.78 is 1.01. The first-order chi connectivity index (χ1) is 8.95. The first-order valence-corrected chi connectivity index (χ1v) is 7.26. The van der Waals surface area contributed by atoms with Crippen LogP contribution in [0.4, 0.5) is 0 Å². The lowest BCUT2D eigenvalue weighted by atomic mass is 9.96. The van der Waals surface area contributed by atoms with Crippen LogP contribution < -0.4 is 0 Å². The molecule has 0 heterocycles. The third-order valence-electron chi connectivity index (χ3n) is 3.31. The molecule has 0 amide bonds. The Morgan fingerprint density at radius 2 is 1.63 bits per heavy atom. The van der Waals surface area contributed by atoms with Crippen LogP contribution in [-0.2, 0) is 6.42 Å². The number of benzene rings is 2. The zero-order chi connectivity index (χ0) is 14.0. The summed E-state index contributed by atoms with van der Waals surface area (Å²) in [5.74, 6) is 0. The lowest BCUT2D eigenvalue weighted by Crippen LogP contribution is -2.04. The molecule has 19 heavy (non-hydrogen) atoms. The van der Waals surface area contributed by atoms with Crippen molar-refractivity contribution in [3.63, 3.8) is 0 Å². The van der Waals surface area contributed by atoms with Gasteiger partial charge in [-0.25, -0.2) is 0 Å². The third kappa shape index (κ3) is 3.68. The third-order valence-corrected chi connectivity index (χ3v) is 3.80. The second kappa shape index (κ2) is 5.89. The van der Waals surface area contributed by atoms with E-state index in [4.69, 9.17) is 0 Å². The molecule has 2 rings (SSSR count). The molecule has 2 aromatic rings. The summed E-state index contributed by atoms with van der Waals surface area (Å²) in [7, 11) is 0. The molecule has 0 radical (unpaired) electrons. The van der Waals surface area contributed by atoms with Gasteiger partial charge in [0.15, 0.2) is 0 Å². The molecule has 1 nitrogen and oxygen atoms in total. The number of aliphatic hydroxyl groups is 1. The zero-order valence-electron chi connectivity index (χ0n) is 11.6. The maximum absolute atomic E-state index is 10.4. The summed E-state index contributed by atoms with van der Waals surface area (Å²) in [5, 5.41) is 10.4. The SMILES string of the molecule is Cc1cc(C)cc(CC(O)c2cc(Br)ccc2C)c1. The average molecular weight is 319 g/mol. The van der Waals surface area contributed by atoms with Crippen molar-refractivity contribution >= 4 is 15.9 Å². The van der Waals surface area contributed by atoms with E-state index in [2.05, 4.69) is 48.0 Å². The van der Waals surface area contributed by atoms with Crippen LogP contribution in [0.2, 0.25) is 0 Å². The predicted molar refractivity (Wildman–Crippen MR) is 83.5 cm³/mol. The van der Waals surface area contributed by atoms with Crippen molar-refractivity contribution in [2.24, 2.45) is 0 Å². The quantitative estimate of drug-likeness (QED) is 0.873. The van der Waals surface area contributed by atoms with E-state index in [1.165, 1.54) is 16.7 Å². The van der Waals surface area contributed by atoms with E-state index in [0.29, 0.717) is 6.42 Å². The zero-order valence-corrected chi connectivity index (χ0v) is 13.2. The van der Waals surface area contributed by atoms with Crippen molar-refractivity contribution in [1.29, 1.82) is 0 Å². The van der Waals surface area contributed by atoms with Crippen molar-refractivity contribution in [2.75, 3.05) is 0 Å². The molecule has 2 aromatic carbocycles. The lowest BCUT2D eigenvalue weighted by molar-refractivity contribution is 0.177. The van der Waals surface area contributed by atoms with Crippen LogP contribution >= 0.6 is 15.9 Å². The molecule has 1 unspecified atom stereocenters. The molecule has 0 aliphatic carbocycles. The van der Waals surface area contributed by atoms with Crippen molar-refractivity contribution in [2.45, 2.75) is 33.3 Å². The van der Waals surface area contributed by atoms with Crippen molar-refractivity contribution < 1.29 is 5.11 Å². The summed E-state index contributed by atoms with van der Waals surface area (Å²) in [5.41, 5.74) is 5.79. The standard InChI is InChI=1S/C17H19BrO/c1-11-6-12(2)8-14(7-11)9-17(19)16-10-15(18)5-4-13(16)3/h4-8,10,17,19H,9H2,1-3H3. The summed E-state index contributed by atoms with van der Waals surface area (Å²) >= 11 is 3.46. The Balaban J connectivity index is 2.25. The highest BCUT2D eigenvalue weighted by atomic mass is 79.9. The van der Waals surface area contributed by atoms with Gasteiger partial charge >= 0.3 is 0 Å². The van der Waals surface area contributed by atoms with Gasteiger partial charge in [0, 0.05) is 10.9 Å². The minimum atomic E-state index is -0.460. The van der Waals surface area contributed by atoms with Gasteiger partial charge in [-0.1, -0.05) is 51.3 Å². The highest BCUT2D eigenvalue weighted by Crippen LogP contribution is 2.25. The predicted octanol–water partition coefficient (Wildman–Crippen LogP) is 4.65. The van der Waals surface area contributed by atoms with Gasteiger partial charge in [0.2, 0.25) is 0 Å². The van der Waals surface area contributed by atoms with E-state index >= 15 is 0 Å². The van der Waals surface area contributed by atoms with Crippen LogP contribution in [-0.4, -0.2) is 5.11 Å². The van der Waals surface area contributed by atoms with Gasteiger partial charge in [0.1, 0.15) is 0 Å². The molecule has 0 saturated carbocycles. The first-order valence-electron chi connectivity index (χ1n) is 6.47. The molecule has 2 heteroatoms. The molecule has 0 spiro atoms. The van der Waals surface area contributed by atoms with E-state index in [1.807, 2.05) is 25.1 Å². The van der Waals surface area contributed by atoms with E-state index in [9.17, 15) is 5.11 Å². The van der Waals surface area contributed by atoms with Crippen LogP contribution in [0.3, 0.4) is 0 Å². The highest BCUT2D eigenvalue weighted by Gasteiger charge is 2.12. The van der Waals surface area contributed by atoms with Crippen LogP contribution in [0.25, 0.3) is 0 Å². The van der Waals surface area contributed by atoms with E-state index in [0.717, 1.165) is 15.6 Å². The Morgan fingerprint density at radius 3 is 2.26 bits per heavy atom. The molecular weight excluding hydrogens is 300 g/mol. The summed E-state index contributed by atoms with van der Waals surface area (Å²) in [6.07, 6.45) is 0.193. The first kappa shape index (κ1) is 14.3.